The Morgan fingerprint density at radius 3 is 3.00 bits per heavy atom. The van der Waals surface area contributed by atoms with E-state index in [0.717, 1.165) is 15.7 Å². The first-order valence-electron chi connectivity index (χ1n) is 6.50. The van der Waals surface area contributed by atoms with Crippen molar-refractivity contribution in [3.8, 4) is 0 Å². The highest BCUT2D eigenvalue weighted by Crippen LogP contribution is 2.30. The van der Waals surface area contributed by atoms with Crippen LogP contribution in [-0.2, 0) is 0 Å². The number of halogens is 1. The third-order valence-electron chi connectivity index (χ3n) is 3.39. The average Bonchev–Trinajstić information content (AvgIpc) is 2.91. The van der Waals surface area contributed by atoms with Crippen LogP contribution in [0.25, 0.3) is 10.2 Å². The number of benzene rings is 1. The van der Waals surface area contributed by atoms with Gasteiger partial charge in [0.25, 0.3) is 0 Å². The minimum Gasteiger partial charge on any atom is -0.378 e. The van der Waals surface area contributed by atoms with Crippen molar-refractivity contribution < 1.29 is 0 Å². The third-order valence-corrected chi connectivity index (χ3v) is 5.29. The van der Waals surface area contributed by atoms with Gasteiger partial charge >= 0.3 is 0 Å². The first-order chi connectivity index (χ1) is 9.65. The minimum absolute atomic E-state index is 0.215. The fourth-order valence-corrected chi connectivity index (χ4v) is 3.34. The van der Waals surface area contributed by atoms with Crippen molar-refractivity contribution in [1.29, 1.82) is 0 Å². The second kappa shape index (κ2) is 5.54. The Morgan fingerprint density at radius 1 is 1.30 bits per heavy atom. The maximum absolute atomic E-state index is 4.50. The number of anilines is 1. The van der Waals surface area contributed by atoms with E-state index in [0.29, 0.717) is 0 Å². The molecule has 2 heterocycles. The first kappa shape index (κ1) is 13.6. The monoisotopic (exact) mass is 346 g/mol. The van der Waals surface area contributed by atoms with Crippen LogP contribution in [0.2, 0.25) is 0 Å². The topological polar surface area (TPSA) is 24.9 Å². The van der Waals surface area contributed by atoms with Gasteiger partial charge in [0, 0.05) is 16.4 Å². The molecule has 1 atom stereocenters. The lowest BCUT2D eigenvalue weighted by atomic mass is 10.1. The van der Waals surface area contributed by atoms with E-state index in [1.807, 2.05) is 6.20 Å². The molecule has 2 nitrogen and oxygen atoms in total. The number of nitrogens with one attached hydrogen (secondary N) is 1. The van der Waals surface area contributed by atoms with E-state index in [4.69, 9.17) is 0 Å². The molecule has 20 heavy (non-hydrogen) atoms. The number of hydrogen-bond donors (Lipinski definition) is 1. The number of rotatable bonds is 3. The van der Waals surface area contributed by atoms with E-state index in [-0.39, 0.29) is 6.04 Å². The van der Waals surface area contributed by atoms with Gasteiger partial charge in [-0.2, -0.15) is 0 Å². The number of hydrogen-bond acceptors (Lipinski definition) is 3. The van der Waals surface area contributed by atoms with Crippen LogP contribution in [0, 0.1) is 6.92 Å². The molecule has 0 spiro atoms. The SMILES string of the molecule is Cc1cccc(NC(C)c2cnc3ccsc3c2)c1Br. The van der Waals surface area contributed by atoms with E-state index in [1.54, 1.807) is 11.3 Å². The molecule has 1 unspecified atom stereocenters. The van der Waals surface area contributed by atoms with Crippen molar-refractivity contribution in [2.45, 2.75) is 19.9 Å². The van der Waals surface area contributed by atoms with E-state index in [9.17, 15) is 0 Å². The molecule has 2 aromatic heterocycles. The fourth-order valence-electron chi connectivity index (χ4n) is 2.17. The first-order valence-corrected chi connectivity index (χ1v) is 8.17. The fraction of sp³-hybridized carbons (Fsp3) is 0.188. The number of fused-ring (bicyclic) bond motifs is 1. The summed E-state index contributed by atoms with van der Waals surface area (Å²) in [6, 6.07) is 10.7. The Hall–Kier alpha value is -1.39. The van der Waals surface area contributed by atoms with Crippen molar-refractivity contribution in [2.24, 2.45) is 0 Å². The van der Waals surface area contributed by atoms with E-state index < -0.39 is 0 Å². The number of thiophene rings is 1. The lowest BCUT2D eigenvalue weighted by molar-refractivity contribution is 0.878. The molecule has 0 saturated heterocycles. The summed E-state index contributed by atoms with van der Waals surface area (Å²) in [7, 11) is 0. The third kappa shape index (κ3) is 2.58. The van der Waals surface area contributed by atoms with E-state index in [1.165, 1.54) is 15.8 Å². The van der Waals surface area contributed by atoms with Crippen LogP contribution in [0.4, 0.5) is 5.69 Å². The van der Waals surface area contributed by atoms with Crippen molar-refractivity contribution in [1.82, 2.24) is 4.98 Å². The Bertz CT molecular complexity index is 751. The number of pyridine rings is 1. The molecular weight excluding hydrogens is 332 g/mol. The molecule has 0 aliphatic carbocycles. The predicted octanol–water partition coefficient (Wildman–Crippen LogP) is 5.54. The van der Waals surface area contributed by atoms with Gasteiger partial charge in [-0.15, -0.1) is 11.3 Å². The summed E-state index contributed by atoms with van der Waals surface area (Å²) >= 11 is 5.37. The zero-order chi connectivity index (χ0) is 14.1. The van der Waals surface area contributed by atoms with Crippen molar-refractivity contribution in [3.63, 3.8) is 0 Å². The smallest absolute Gasteiger partial charge is 0.0809 e. The predicted molar refractivity (Wildman–Crippen MR) is 90.5 cm³/mol. The summed E-state index contributed by atoms with van der Waals surface area (Å²) in [5, 5.41) is 5.62. The average molecular weight is 347 g/mol. The molecule has 102 valence electrons. The van der Waals surface area contributed by atoms with Gasteiger partial charge in [0.05, 0.1) is 16.3 Å². The highest BCUT2D eigenvalue weighted by atomic mass is 79.9. The highest BCUT2D eigenvalue weighted by Gasteiger charge is 2.10. The van der Waals surface area contributed by atoms with Crippen molar-refractivity contribution in [3.05, 3.63) is 57.5 Å². The molecule has 0 radical (unpaired) electrons. The van der Waals surface area contributed by atoms with Crippen LogP contribution in [0.15, 0.2) is 46.4 Å². The highest BCUT2D eigenvalue weighted by molar-refractivity contribution is 9.10. The van der Waals surface area contributed by atoms with Crippen LogP contribution in [-0.4, -0.2) is 4.98 Å². The van der Waals surface area contributed by atoms with Gasteiger partial charge < -0.3 is 5.32 Å². The zero-order valence-corrected chi connectivity index (χ0v) is 13.8. The quantitative estimate of drug-likeness (QED) is 0.673. The molecule has 1 N–H and O–H groups in total. The Labute approximate surface area is 131 Å². The largest absolute Gasteiger partial charge is 0.378 e. The number of aromatic nitrogens is 1. The molecule has 0 fully saturated rings. The molecule has 0 bridgehead atoms. The molecule has 0 amide bonds. The van der Waals surface area contributed by atoms with Gasteiger partial charge in [0.15, 0.2) is 0 Å². The maximum atomic E-state index is 4.50. The van der Waals surface area contributed by atoms with Crippen molar-refractivity contribution >= 4 is 43.2 Å². The van der Waals surface area contributed by atoms with Gasteiger partial charge in [-0.3, -0.25) is 4.98 Å². The molecule has 3 aromatic rings. The molecular formula is C16H15BrN2S. The van der Waals surface area contributed by atoms with Crippen LogP contribution < -0.4 is 5.32 Å². The maximum Gasteiger partial charge on any atom is 0.0809 e. The summed E-state index contributed by atoms with van der Waals surface area (Å²) in [5.74, 6) is 0. The summed E-state index contributed by atoms with van der Waals surface area (Å²) in [5.41, 5.74) is 4.62. The molecule has 0 saturated carbocycles. The van der Waals surface area contributed by atoms with Gasteiger partial charge in [-0.1, -0.05) is 12.1 Å². The van der Waals surface area contributed by atoms with Crippen LogP contribution >= 0.6 is 27.3 Å². The van der Waals surface area contributed by atoms with Crippen LogP contribution in [0.3, 0.4) is 0 Å². The minimum atomic E-state index is 0.215. The number of aryl methyl sites for hydroxylation is 1. The molecule has 4 heteroatoms. The molecule has 1 aromatic carbocycles. The van der Waals surface area contributed by atoms with E-state index >= 15 is 0 Å². The Morgan fingerprint density at radius 2 is 2.15 bits per heavy atom. The zero-order valence-electron chi connectivity index (χ0n) is 11.4. The summed E-state index contributed by atoms with van der Waals surface area (Å²) in [6.45, 7) is 4.25. The van der Waals surface area contributed by atoms with E-state index in [2.05, 4.69) is 75.8 Å². The second-order valence-corrected chi connectivity index (χ2v) is 6.62. The van der Waals surface area contributed by atoms with Gasteiger partial charge in [0.1, 0.15) is 0 Å². The summed E-state index contributed by atoms with van der Waals surface area (Å²) in [6.07, 6.45) is 1.95. The lowest BCUT2D eigenvalue weighted by Crippen LogP contribution is -2.07. The Balaban J connectivity index is 1.88. The Kier molecular flexibility index (Phi) is 3.76. The summed E-state index contributed by atoms with van der Waals surface area (Å²) in [4.78, 5) is 4.50. The van der Waals surface area contributed by atoms with Crippen LogP contribution in [0.5, 0.6) is 0 Å². The molecule has 3 rings (SSSR count). The normalized spacial score (nSPS) is 12.6. The van der Waals surface area contributed by atoms with Gasteiger partial charge in [0.2, 0.25) is 0 Å². The number of nitrogens with zero attached hydrogens (tertiary/aromatic N) is 1. The van der Waals surface area contributed by atoms with Crippen molar-refractivity contribution in [2.75, 3.05) is 5.32 Å². The molecule has 0 aliphatic heterocycles. The van der Waals surface area contributed by atoms with Gasteiger partial charge in [-0.25, -0.2) is 0 Å². The molecule has 0 aliphatic rings. The summed E-state index contributed by atoms with van der Waals surface area (Å²) < 4.78 is 2.36. The van der Waals surface area contributed by atoms with Gasteiger partial charge in [-0.05, 0) is 64.5 Å². The second-order valence-electron chi connectivity index (χ2n) is 4.88. The van der Waals surface area contributed by atoms with Crippen LogP contribution in [0.1, 0.15) is 24.1 Å². The lowest BCUT2D eigenvalue weighted by Gasteiger charge is -2.17. The standard InChI is InChI=1S/C16H15BrN2S/c1-10-4-3-5-14(16(10)17)19-11(2)12-8-15-13(18-9-12)6-7-20-15/h3-9,11,19H,1-2H3.